The summed E-state index contributed by atoms with van der Waals surface area (Å²) in [6.07, 6.45) is 3.20. The van der Waals surface area contributed by atoms with Gasteiger partial charge in [-0.05, 0) is 55.2 Å². The van der Waals surface area contributed by atoms with Crippen molar-refractivity contribution in [3.63, 3.8) is 0 Å². The molecule has 1 aliphatic rings. The Morgan fingerprint density at radius 3 is 2.39 bits per heavy atom. The van der Waals surface area contributed by atoms with E-state index in [9.17, 15) is 13.2 Å². The Hall–Kier alpha value is -2.31. The summed E-state index contributed by atoms with van der Waals surface area (Å²) in [6, 6.07) is 13.1. The fourth-order valence-corrected chi connectivity index (χ4v) is 3.60. The number of rotatable bonds is 7. The molecule has 3 nitrogen and oxygen atoms in total. The van der Waals surface area contributed by atoms with E-state index in [-0.39, 0.29) is 17.6 Å². The SMILES string of the molecule is C=CC[C@]1(c2ccc(F)cc2)CCN([C@@H](C)c2ccc(OC(F)F)cc2)CO1. The van der Waals surface area contributed by atoms with Crippen molar-refractivity contribution in [1.82, 2.24) is 4.90 Å². The first kappa shape index (κ1) is 20.4. The molecule has 150 valence electrons. The van der Waals surface area contributed by atoms with Crippen LogP contribution in [0.1, 0.15) is 36.9 Å². The lowest BCUT2D eigenvalue weighted by Crippen LogP contribution is -2.45. The van der Waals surface area contributed by atoms with Gasteiger partial charge in [0.1, 0.15) is 18.3 Å². The van der Waals surface area contributed by atoms with Crippen LogP contribution >= 0.6 is 0 Å². The number of benzene rings is 2. The van der Waals surface area contributed by atoms with Gasteiger partial charge in [0.2, 0.25) is 0 Å². The van der Waals surface area contributed by atoms with E-state index in [0.29, 0.717) is 13.2 Å². The largest absolute Gasteiger partial charge is 0.435 e. The molecule has 0 N–H and O–H groups in total. The normalized spacial score (nSPS) is 21.5. The molecule has 28 heavy (non-hydrogen) atoms. The van der Waals surface area contributed by atoms with Gasteiger partial charge >= 0.3 is 6.61 Å². The second-order valence-electron chi connectivity index (χ2n) is 6.95. The molecule has 1 saturated heterocycles. The Balaban J connectivity index is 1.68. The lowest BCUT2D eigenvalue weighted by atomic mass is 9.85. The van der Waals surface area contributed by atoms with E-state index in [2.05, 4.69) is 16.2 Å². The molecule has 6 heteroatoms. The third-order valence-electron chi connectivity index (χ3n) is 5.29. The maximum Gasteiger partial charge on any atom is 0.387 e. The van der Waals surface area contributed by atoms with Crippen molar-refractivity contribution < 1.29 is 22.6 Å². The van der Waals surface area contributed by atoms with Crippen molar-refractivity contribution in [2.75, 3.05) is 13.3 Å². The Bertz CT molecular complexity index is 769. The van der Waals surface area contributed by atoms with E-state index in [1.807, 2.05) is 13.0 Å². The molecule has 1 fully saturated rings. The van der Waals surface area contributed by atoms with Crippen LogP contribution in [0.4, 0.5) is 13.2 Å². The van der Waals surface area contributed by atoms with Crippen molar-refractivity contribution in [2.24, 2.45) is 0 Å². The fraction of sp³-hybridized carbons (Fsp3) is 0.364. The topological polar surface area (TPSA) is 21.7 Å². The highest BCUT2D eigenvalue weighted by Gasteiger charge is 2.37. The minimum absolute atomic E-state index is 0.0514. The zero-order valence-corrected chi connectivity index (χ0v) is 15.8. The molecule has 2 atom stereocenters. The van der Waals surface area contributed by atoms with Crippen LogP contribution in [0.5, 0.6) is 5.75 Å². The van der Waals surface area contributed by atoms with Crippen LogP contribution in [0, 0.1) is 5.82 Å². The van der Waals surface area contributed by atoms with Crippen LogP contribution in [-0.2, 0) is 10.3 Å². The molecule has 0 bridgehead atoms. The molecule has 3 rings (SSSR count). The highest BCUT2D eigenvalue weighted by Crippen LogP contribution is 2.39. The summed E-state index contributed by atoms with van der Waals surface area (Å²) < 4.78 is 48.6. The van der Waals surface area contributed by atoms with E-state index in [4.69, 9.17) is 4.74 Å². The summed E-state index contributed by atoms with van der Waals surface area (Å²) in [5.74, 6) is -0.134. The summed E-state index contributed by atoms with van der Waals surface area (Å²) in [6.45, 7) is 4.24. The third kappa shape index (κ3) is 4.56. The number of hydrogen-bond acceptors (Lipinski definition) is 3. The van der Waals surface area contributed by atoms with Gasteiger partial charge in [-0.25, -0.2) is 4.39 Å². The van der Waals surface area contributed by atoms with Crippen LogP contribution in [0.25, 0.3) is 0 Å². The number of halogens is 3. The van der Waals surface area contributed by atoms with Crippen molar-refractivity contribution in [3.8, 4) is 5.75 Å². The smallest absolute Gasteiger partial charge is 0.387 e. The Labute approximate surface area is 163 Å². The van der Waals surface area contributed by atoms with E-state index in [1.165, 1.54) is 12.1 Å². The van der Waals surface area contributed by atoms with Gasteiger partial charge < -0.3 is 9.47 Å². The Kier molecular flexibility index (Phi) is 6.42. The van der Waals surface area contributed by atoms with Gasteiger partial charge in [-0.3, -0.25) is 4.90 Å². The average Bonchev–Trinajstić information content (AvgIpc) is 2.69. The van der Waals surface area contributed by atoms with E-state index in [1.54, 1.807) is 36.4 Å². The van der Waals surface area contributed by atoms with Crippen LogP contribution < -0.4 is 4.74 Å². The number of hydrogen-bond donors (Lipinski definition) is 0. The molecule has 2 aromatic rings. The minimum atomic E-state index is -2.83. The molecule has 2 aromatic carbocycles. The van der Waals surface area contributed by atoms with E-state index < -0.39 is 12.2 Å². The Morgan fingerprint density at radius 1 is 1.18 bits per heavy atom. The minimum Gasteiger partial charge on any atom is -0.435 e. The molecule has 0 spiro atoms. The summed E-state index contributed by atoms with van der Waals surface area (Å²) in [5, 5.41) is 0. The van der Waals surface area contributed by atoms with Crippen molar-refractivity contribution in [2.45, 2.75) is 38.0 Å². The maximum atomic E-state index is 13.3. The van der Waals surface area contributed by atoms with Gasteiger partial charge in [-0.2, -0.15) is 8.78 Å². The highest BCUT2D eigenvalue weighted by molar-refractivity contribution is 5.29. The predicted octanol–water partition coefficient (Wildman–Crippen LogP) is 5.64. The zero-order valence-electron chi connectivity index (χ0n) is 15.8. The summed E-state index contributed by atoms with van der Waals surface area (Å²) in [7, 11) is 0. The quantitative estimate of drug-likeness (QED) is 0.570. The molecule has 0 aromatic heterocycles. The maximum absolute atomic E-state index is 13.3. The monoisotopic (exact) mass is 391 g/mol. The summed E-state index contributed by atoms with van der Waals surface area (Å²) in [4.78, 5) is 2.17. The molecular weight excluding hydrogens is 367 g/mol. The van der Waals surface area contributed by atoms with Gasteiger partial charge in [-0.1, -0.05) is 30.3 Å². The molecule has 0 amide bonds. The fourth-order valence-electron chi connectivity index (χ4n) is 3.60. The molecule has 0 aliphatic carbocycles. The zero-order chi connectivity index (χ0) is 20.1. The van der Waals surface area contributed by atoms with Crippen LogP contribution in [0.3, 0.4) is 0 Å². The molecule has 0 radical (unpaired) electrons. The molecule has 0 unspecified atom stereocenters. The highest BCUT2D eigenvalue weighted by atomic mass is 19.3. The van der Waals surface area contributed by atoms with Crippen molar-refractivity contribution in [3.05, 3.63) is 78.1 Å². The average molecular weight is 391 g/mol. The first-order chi connectivity index (χ1) is 13.4. The van der Waals surface area contributed by atoms with Gasteiger partial charge in [0, 0.05) is 12.6 Å². The van der Waals surface area contributed by atoms with Crippen LogP contribution in [0.2, 0.25) is 0 Å². The molecule has 1 heterocycles. The lowest BCUT2D eigenvalue weighted by Gasteiger charge is -2.44. The van der Waals surface area contributed by atoms with Crippen molar-refractivity contribution in [1.29, 1.82) is 0 Å². The predicted molar refractivity (Wildman–Crippen MR) is 102 cm³/mol. The van der Waals surface area contributed by atoms with Crippen LogP contribution in [0.15, 0.2) is 61.2 Å². The second-order valence-corrected chi connectivity index (χ2v) is 6.95. The number of alkyl halides is 2. The first-order valence-corrected chi connectivity index (χ1v) is 9.23. The van der Waals surface area contributed by atoms with Gasteiger partial charge in [0.05, 0.1) is 5.60 Å². The summed E-state index contributed by atoms with van der Waals surface area (Å²) >= 11 is 0. The van der Waals surface area contributed by atoms with Gasteiger partial charge in [-0.15, -0.1) is 6.58 Å². The first-order valence-electron chi connectivity index (χ1n) is 9.23. The van der Waals surface area contributed by atoms with E-state index in [0.717, 1.165) is 24.1 Å². The standard InChI is InChI=1S/C22H24F3NO2/c1-3-12-22(18-6-8-19(23)9-7-18)13-14-26(15-27-22)16(2)17-4-10-20(11-5-17)28-21(24)25/h3-11,16,21H,1,12-15H2,2H3/t16-,22+/m0/s1. The van der Waals surface area contributed by atoms with Crippen LogP contribution in [-0.4, -0.2) is 24.8 Å². The lowest BCUT2D eigenvalue weighted by molar-refractivity contribution is -0.152. The van der Waals surface area contributed by atoms with Gasteiger partial charge in [0.25, 0.3) is 0 Å². The third-order valence-corrected chi connectivity index (χ3v) is 5.29. The second kappa shape index (κ2) is 8.80. The number of nitrogens with zero attached hydrogens (tertiary/aromatic N) is 1. The van der Waals surface area contributed by atoms with E-state index >= 15 is 0 Å². The summed E-state index contributed by atoms with van der Waals surface area (Å²) in [5.41, 5.74) is 1.42. The number of ether oxygens (including phenoxy) is 2. The molecule has 0 saturated carbocycles. The van der Waals surface area contributed by atoms with Crippen molar-refractivity contribution >= 4 is 0 Å². The van der Waals surface area contributed by atoms with Gasteiger partial charge in [0.15, 0.2) is 0 Å². The molecule has 1 aliphatic heterocycles. The Morgan fingerprint density at radius 2 is 1.86 bits per heavy atom. The molecular formula is C22H24F3NO2.